The molecule has 2 rings (SSSR count). The monoisotopic (exact) mass is 549 g/mol. The number of nitrogens with two attached hydrogens (primary N) is 1. The molecule has 20 heteroatoms. The molecule has 0 aromatic carbocycles. The minimum Gasteiger partial charge on any atom is -0.367 e. The quantitative estimate of drug-likeness (QED) is 0.109. The van der Waals surface area contributed by atoms with Gasteiger partial charge in [-0.15, -0.1) is 0 Å². The van der Waals surface area contributed by atoms with Crippen LogP contribution in [0.25, 0.3) is 0 Å². The highest BCUT2D eigenvalue weighted by molar-refractivity contribution is 7.66. The summed E-state index contributed by atoms with van der Waals surface area (Å²) >= 11 is 0. The molecule has 192 valence electrons. The number of aromatic nitrogens is 2. The zero-order valence-corrected chi connectivity index (χ0v) is 19.9. The van der Waals surface area contributed by atoms with Crippen LogP contribution >= 0.6 is 23.5 Å². The van der Waals surface area contributed by atoms with E-state index in [0.717, 1.165) is 4.57 Å². The van der Waals surface area contributed by atoms with Gasteiger partial charge in [-0.1, -0.05) is 11.8 Å². The van der Waals surface area contributed by atoms with Crippen LogP contribution in [0.4, 0.5) is 0 Å². The van der Waals surface area contributed by atoms with Gasteiger partial charge in [0, 0.05) is 12.7 Å². The van der Waals surface area contributed by atoms with Crippen molar-refractivity contribution in [3.63, 3.8) is 0 Å². The Bertz CT molecular complexity index is 1180. The van der Waals surface area contributed by atoms with Crippen molar-refractivity contribution >= 4 is 23.5 Å². The first-order valence-corrected chi connectivity index (χ1v) is 13.8. The summed E-state index contributed by atoms with van der Waals surface area (Å²) in [4.78, 5) is 61.8. The summed E-state index contributed by atoms with van der Waals surface area (Å²) in [5.41, 5.74) is 3.70. The zero-order chi connectivity index (χ0) is 25.6. The number of phosphoric ester groups is 1. The van der Waals surface area contributed by atoms with Gasteiger partial charge < -0.3 is 34.8 Å². The fourth-order valence-corrected chi connectivity index (χ4v) is 5.67. The molecule has 17 nitrogen and oxygen atoms in total. The van der Waals surface area contributed by atoms with E-state index in [1.165, 1.54) is 6.20 Å². The lowest BCUT2D eigenvalue weighted by Crippen LogP contribution is -2.33. The molecule has 2 unspecified atom stereocenters. The Balaban J connectivity index is 2.00. The largest absolute Gasteiger partial charge is 0.490 e. The summed E-state index contributed by atoms with van der Waals surface area (Å²) in [6, 6.07) is 0. The number of aromatic amines is 1. The molecule has 1 fully saturated rings. The second-order valence-corrected chi connectivity index (χ2v) is 10.9. The van der Waals surface area contributed by atoms with Crippen LogP contribution in [-0.2, 0) is 36.3 Å². The zero-order valence-electron chi connectivity index (χ0n) is 17.2. The van der Waals surface area contributed by atoms with Gasteiger partial charge in [0.2, 0.25) is 0 Å². The van der Waals surface area contributed by atoms with Crippen molar-refractivity contribution in [3.05, 3.63) is 32.6 Å². The number of H-pyrrole nitrogens is 1. The molecule has 0 bridgehead atoms. The van der Waals surface area contributed by atoms with Crippen molar-refractivity contribution in [1.82, 2.24) is 9.55 Å². The van der Waals surface area contributed by atoms with Crippen LogP contribution in [0.15, 0.2) is 15.8 Å². The normalized spacial score (nSPS) is 21.9. The number of hydrogen-bond acceptors (Lipinski definition) is 11. The Kier molecular flexibility index (Phi) is 10.1. The van der Waals surface area contributed by atoms with Gasteiger partial charge in [-0.2, -0.15) is 8.62 Å². The highest BCUT2D eigenvalue weighted by atomic mass is 31.3. The molecule has 1 aliphatic rings. The van der Waals surface area contributed by atoms with E-state index in [1.54, 1.807) is 0 Å². The molecule has 0 amide bonds. The van der Waals surface area contributed by atoms with Crippen molar-refractivity contribution in [2.24, 2.45) is 5.73 Å². The SMILES string of the molecule is NCCOCC#Cc1cn([C@H]2CC[C@@H](COP(=O)(O)OP(=O)(O)OP(=O)(O)O)O2)c(=O)[nH]c1=O. The van der Waals surface area contributed by atoms with Gasteiger partial charge in [-0.05, 0) is 12.8 Å². The number of nitrogens with zero attached hydrogens (tertiary/aromatic N) is 1. The van der Waals surface area contributed by atoms with E-state index in [0.29, 0.717) is 6.54 Å². The van der Waals surface area contributed by atoms with Gasteiger partial charge in [0.15, 0.2) is 0 Å². The smallest absolute Gasteiger partial charge is 0.367 e. The topological polar surface area (TPSA) is 259 Å². The van der Waals surface area contributed by atoms with E-state index in [2.05, 4.69) is 30.0 Å². The average Bonchev–Trinajstić information content (AvgIpc) is 3.14. The number of rotatable bonds is 11. The van der Waals surface area contributed by atoms with Gasteiger partial charge in [-0.3, -0.25) is 18.9 Å². The van der Waals surface area contributed by atoms with Crippen molar-refractivity contribution in [2.75, 3.05) is 26.4 Å². The van der Waals surface area contributed by atoms with Crippen LogP contribution in [0.1, 0.15) is 24.6 Å². The Morgan fingerprint density at radius 3 is 2.50 bits per heavy atom. The van der Waals surface area contributed by atoms with Gasteiger partial charge >= 0.3 is 29.2 Å². The summed E-state index contributed by atoms with van der Waals surface area (Å²) in [6.07, 6.45) is -0.226. The highest BCUT2D eigenvalue weighted by Crippen LogP contribution is 2.66. The summed E-state index contributed by atoms with van der Waals surface area (Å²) < 4.78 is 57.1. The fourth-order valence-electron chi connectivity index (χ4n) is 2.62. The summed E-state index contributed by atoms with van der Waals surface area (Å²) in [5, 5.41) is 0. The fraction of sp³-hybridized carbons (Fsp3) is 0.571. The maximum Gasteiger partial charge on any atom is 0.490 e. The van der Waals surface area contributed by atoms with Crippen LogP contribution in [0.2, 0.25) is 0 Å². The van der Waals surface area contributed by atoms with Gasteiger partial charge in [0.1, 0.15) is 18.4 Å². The molecule has 0 aliphatic carbocycles. The van der Waals surface area contributed by atoms with Crippen LogP contribution in [0.3, 0.4) is 0 Å². The lowest BCUT2D eigenvalue weighted by Gasteiger charge is -2.19. The molecule has 1 aromatic rings. The first kappa shape index (κ1) is 28.8. The Morgan fingerprint density at radius 2 is 1.85 bits per heavy atom. The first-order chi connectivity index (χ1) is 15.7. The molecule has 2 heterocycles. The number of ether oxygens (including phenoxy) is 2. The molecular formula is C14H22N3O14P3. The second kappa shape index (κ2) is 12.0. The molecule has 7 N–H and O–H groups in total. The average molecular weight is 549 g/mol. The highest BCUT2D eigenvalue weighted by Gasteiger charge is 2.41. The molecule has 34 heavy (non-hydrogen) atoms. The van der Waals surface area contributed by atoms with Crippen molar-refractivity contribution in [2.45, 2.75) is 25.2 Å². The maximum absolute atomic E-state index is 12.2. The lowest BCUT2D eigenvalue weighted by atomic mass is 10.2. The van der Waals surface area contributed by atoms with Crippen molar-refractivity contribution in [1.29, 1.82) is 0 Å². The van der Waals surface area contributed by atoms with E-state index in [-0.39, 0.29) is 31.6 Å². The van der Waals surface area contributed by atoms with Crippen molar-refractivity contribution in [3.8, 4) is 11.8 Å². The molecular weight excluding hydrogens is 527 g/mol. The third-order valence-corrected chi connectivity index (χ3v) is 7.66. The summed E-state index contributed by atoms with van der Waals surface area (Å²) in [7, 11) is -16.5. The van der Waals surface area contributed by atoms with Crippen LogP contribution in [-0.4, -0.2) is 61.6 Å². The van der Waals surface area contributed by atoms with Gasteiger partial charge in [-0.25, -0.2) is 18.5 Å². The van der Waals surface area contributed by atoms with E-state index in [9.17, 15) is 28.2 Å². The number of phosphoric acid groups is 3. The molecule has 0 radical (unpaired) electrons. The molecule has 0 saturated carbocycles. The third-order valence-electron chi connectivity index (χ3n) is 3.86. The molecule has 1 aromatic heterocycles. The lowest BCUT2D eigenvalue weighted by molar-refractivity contribution is -0.0243. The molecule has 1 aliphatic heterocycles. The van der Waals surface area contributed by atoms with E-state index < -0.39 is 53.7 Å². The Hall–Kier alpha value is -1.47. The van der Waals surface area contributed by atoms with E-state index in [4.69, 9.17) is 29.9 Å². The predicted molar refractivity (Wildman–Crippen MR) is 111 cm³/mol. The van der Waals surface area contributed by atoms with Crippen molar-refractivity contribution < 1.29 is 55.9 Å². The molecule has 1 saturated heterocycles. The van der Waals surface area contributed by atoms with Crippen LogP contribution in [0, 0.1) is 11.8 Å². The Morgan fingerprint density at radius 1 is 1.15 bits per heavy atom. The standard InChI is InChI=1S/C14H22N3O14P3/c15-5-7-27-6-1-2-10-8-17(14(19)16-13(10)18)12-4-3-11(29-12)9-28-33(23,24)31-34(25,26)30-32(20,21)22/h8,11-12H,3-7,9,15H2,(H,23,24)(H,25,26)(H,16,18,19)(H2,20,21,22)/t11-,12+/m0/s1. The van der Waals surface area contributed by atoms with Crippen LogP contribution < -0.4 is 17.0 Å². The van der Waals surface area contributed by atoms with Gasteiger partial charge in [0.05, 0.1) is 19.3 Å². The minimum absolute atomic E-state index is 0.0123. The number of hydrogen-bond donors (Lipinski definition) is 6. The van der Waals surface area contributed by atoms with E-state index >= 15 is 0 Å². The molecule has 0 spiro atoms. The predicted octanol–water partition coefficient (Wildman–Crippen LogP) is -1.12. The summed E-state index contributed by atoms with van der Waals surface area (Å²) in [5.74, 6) is 5.15. The van der Waals surface area contributed by atoms with Gasteiger partial charge in [0.25, 0.3) is 5.56 Å². The third kappa shape index (κ3) is 9.65. The minimum atomic E-state index is -5.64. The Labute approximate surface area is 191 Å². The summed E-state index contributed by atoms with van der Waals surface area (Å²) in [6.45, 7) is -0.0700. The first-order valence-electron chi connectivity index (χ1n) is 9.27. The molecule has 4 atom stereocenters. The second-order valence-electron chi connectivity index (χ2n) is 6.53. The number of nitrogens with one attached hydrogen (secondary N) is 1. The van der Waals surface area contributed by atoms with E-state index in [1.807, 2.05) is 0 Å². The maximum atomic E-state index is 12.2. The van der Waals surface area contributed by atoms with Crippen LogP contribution in [0.5, 0.6) is 0 Å².